The van der Waals surface area contributed by atoms with Crippen molar-refractivity contribution < 1.29 is 9.72 Å². The third-order valence-corrected chi connectivity index (χ3v) is 3.47. The van der Waals surface area contributed by atoms with E-state index in [0.29, 0.717) is 23.2 Å². The predicted octanol–water partition coefficient (Wildman–Crippen LogP) is 3.18. The number of nitro groups is 1. The average molecular weight is 268 g/mol. The van der Waals surface area contributed by atoms with Crippen LogP contribution in [0.25, 0.3) is 11.3 Å². The summed E-state index contributed by atoms with van der Waals surface area (Å²) in [5.41, 5.74) is 2.46. The van der Waals surface area contributed by atoms with Crippen LogP contribution >= 0.6 is 0 Å². The molecule has 0 N–H and O–H groups in total. The molecule has 100 valence electrons. The number of pyridine rings is 1. The molecule has 20 heavy (non-hydrogen) atoms. The fraction of sp³-hybridized carbons (Fsp3) is 0.200. The SMILES string of the molecule is O=C1CCCc2nc(-c3ccccc3[N+](=O)[O-])ccc21. The van der Waals surface area contributed by atoms with Crippen LogP contribution in [0, 0.1) is 10.1 Å². The zero-order chi connectivity index (χ0) is 14.1. The van der Waals surface area contributed by atoms with Gasteiger partial charge in [-0.05, 0) is 31.0 Å². The van der Waals surface area contributed by atoms with Crippen molar-refractivity contribution in [3.05, 3.63) is 57.8 Å². The van der Waals surface area contributed by atoms with E-state index in [1.165, 1.54) is 6.07 Å². The molecule has 0 unspecified atom stereocenters. The molecular formula is C15H12N2O3. The molecule has 0 amide bonds. The molecule has 1 aliphatic carbocycles. The number of carbonyl (C=O) groups excluding carboxylic acids is 1. The second kappa shape index (κ2) is 4.85. The minimum atomic E-state index is -0.415. The number of fused-ring (bicyclic) bond motifs is 1. The van der Waals surface area contributed by atoms with Gasteiger partial charge in [0.2, 0.25) is 0 Å². The van der Waals surface area contributed by atoms with E-state index in [-0.39, 0.29) is 11.5 Å². The van der Waals surface area contributed by atoms with Crippen LogP contribution in [0.1, 0.15) is 28.9 Å². The van der Waals surface area contributed by atoms with Crippen LogP contribution in [0.5, 0.6) is 0 Å². The number of para-hydroxylation sites is 1. The lowest BCUT2D eigenvalue weighted by Crippen LogP contribution is -2.12. The maximum atomic E-state index is 11.8. The van der Waals surface area contributed by atoms with Crippen molar-refractivity contribution in [2.75, 3.05) is 0 Å². The Morgan fingerprint density at radius 1 is 1.05 bits per heavy atom. The van der Waals surface area contributed by atoms with Crippen LogP contribution in [0.4, 0.5) is 5.69 Å². The third-order valence-electron chi connectivity index (χ3n) is 3.47. The Kier molecular flexibility index (Phi) is 3.02. The van der Waals surface area contributed by atoms with Crippen LogP contribution in [-0.2, 0) is 6.42 Å². The highest BCUT2D eigenvalue weighted by Gasteiger charge is 2.21. The fourth-order valence-corrected chi connectivity index (χ4v) is 2.50. The summed E-state index contributed by atoms with van der Waals surface area (Å²) in [7, 11) is 0. The van der Waals surface area contributed by atoms with Gasteiger partial charge in [-0.2, -0.15) is 0 Å². The summed E-state index contributed by atoms with van der Waals surface area (Å²) in [4.78, 5) is 26.9. The first kappa shape index (κ1) is 12.5. The monoisotopic (exact) mass is 268 g/mol. The van der Waals surface area contributed by atoms with Crippen molar-refractivity contribution in [2.24, 2.45) is 0 Å². The minimum Gasteiger partial charge on any atom is -0.294 e. The number of nitro benzene ring substituents is 1. The standard InChI is InChI=1S/C15H12N2O3/c18-15-7-3-5-12-11(15)8-9-13(16-12)10-4-1-2-6-14(10)17(19)20/h1-2,4,6,8-9H,3,5,7H2. The number of aromatic nitrogens is 1. The molecule has 1 aromatic heterocycles. The molecule has 2 aromatic rings. The molecule has 1 heterocycles. The molecule has 0 saturated carbocycles. The van der Waals surface area contributed by atoms with Crippen LogP contribution in [0.3, 0.4) is 0 Å². The molecule has 0 atom stereocenters. The van der Waals surface area contributed by atoms with Crippen molar-refractivity contribution in [2.45, 2.75) is 19.3 Å². The van der Waals surface area contributed by atoms with Gasteiger partial charge in [0.1, 0.15) is 0 Å². The Morgan fingerprint density at radius 3 is 2.65 bits per heavy atom. The highest BCUT2D eigenvalue weighted by molar-refractivity contribution is 5.98. The Balaban J connectivity index is 2.12. The molecule has 0 spiro atoms. The predicted molar refractivity (Wildman–Crippen MR) is 73.6 cm³/mol. The normalized spacial score (nSPS) is 13.9. The summed E-state index contributed by atoms with van der Waals surface area (Å²) >= 11 is 0. The average Bonchev–Trinajstić information content (AvgIpc) is 2.47. The zero-order valence-electron chi connectivity index (χ0n) is 10.7. The quantitative estimate of drug-likeness (QED) is 0.619. The van der Waals surface area contributed by atoms with Gasteiger partial charge in [0.05, 0.1) is 21.9 Å². The van der Waals surface area contributed by atoms with Crippen molar-refractivity contribution in [1.82, 2.24) is 4.98 Å². The van der Waals surface area contributed by atoms with Crippen LogP contribution in [0.15, 0.2) is 36.4 Å². The lowest BCUT2D eigenvalue weighted by Gasteiger charge is -2.14. The summed E-state index contributed by atoms with van der Waals surface area (Å²) in [6, 6.07) is 9.93. The number of aryl methyl sites for hydroxylation is 1. The Morgan fingerprint density at radius 2 is 1.85 bits per heavy atom. The summed E-state index contributed by atoms with van der Waals surface area (Å²) in [5, 5.41) is 11.1. The molecule has 1 aromatic carbocycles. The number of hydrogen-bond donors (Lipinski definition) is 0. The number of nitrogens with zero attached hydrogens (tertiary/aromatic N) is 2. The van der Waals surface area contributed by atoms with E-state index in [4.69, 9.17) is 0 Å². The first-order valence-electron chi connectivity index (χ1n) is 6.44. The topological polar surface area (TPSA) is 73.1 Å². The number of hydrogen-bond acceptors (Lipinski definition) is 4. The first-order valence-corrected chi connectivity index (χ1v) is 6.44. The minimum absolute atomic E-state index is 0.0297. The smallest absolute Gasteiger partial charge is 0.278 e. The van der Waals surface area contributed by atoms with Gasteiger partial charge in [-0.3, -0.25) is 19.9 Å². The second-order valence-electron chi connectivity index (χ2n) is 4.74. The molecule has 1 aliphatic rings. The lowest BCUT2D eigenvalue weighted by atomic mass is 9.94. The summed E-state index contributed by atoms with van der Waals surface area (Å²) in [6.45, 7) is 0. The molecule has 5 heteroatoms. The molecule has 0 aliphatic heterocycles. The Hall–Kier alpha value is -2.56. The summed E-state index contributed by atoms with van der Waals surface area (Å²) in [5.74, 6) is 0.105. The van der Waals surface area contributed by atoms with Gasteiger partial charge in [0.25, 0.3) is 5.69 Å². The van der Waals surface area contributed by atoms with Gasteiger partial charge in [0, 0.05) is 18.1 Å². The van der Waals surface area contributed by atoms with E-state index in [0.717, 1.165) is 18.5 Å². The van der Waals surface area contributed by atoms with Gasteiger partial charge < -0.3 is 0 Å². The summed E-state index contributed by atoms with van der Waals surface area (Å²) < 4.78 is 0. The van der Waals surface area contributed by atoms with E-state index >= 15 is 0 Å². The second-order valence-corrected chi connectivity index (χ2v) is 4.74. The molecule has 0 bridgehead atoms. The Bertz CT molecular complexity index is 710. The van der Waals surface area contributed by atoms with Gasteiger partial charge in [-0.25, -0.2) is 0 Å². The number of ketones is 1. The highest BCUT2D eigenvalue weighted by Crippen LogP contribution is 2.30. The molecule has 0 radical (unpaired) electrons. The number of rotatable bonds is 2. The van der Waals surface area contributed by atoms with Gasteiger partial charge in [0.15, 0.2) is 5.78 Å². The van der Waals surface area contributed by atoms with Crippen LogP contribution in [0.2, 0.25) is 0 Å². The van der Waals surface area contributed by atoms with E-state index in [9.17, 15) is 14.9 Å². The molecule has 5 nitrogen and oxygen atoms in total. The molecule has 0 fully saturated rings. The summed E-state index contributed by atoms with van der Waals surface area (Å²) in [6.07, 6.45) is 2.09. The largest absolute Gasteiger partial charge is 0.294 e. The first-order chi connectivity index (χ1) is 9.66. The lowest BCUT2D eigenvalue weighted by molar-refractivity contribution is -0.384. The third kappa shape index (κ3) is 2.07. The number of Topliss-reactive ketones (excluding diaryl/α,β-unsaturated/α-hetero) is 1. The van der Waals surface area contributed by atoms with Gasteiger partial charge >= 0.3 is 0 Å². The zero-order valence-corrected chi connectivity index (χ0v) is 10.7. The van der Waals surface area contributed by atoms with Crippen molar-refractivity contribution in [3.8, 4) is 11.3 Å². The van der Waals surface area contributed by atoms with E-state index in [1.54, 1.807) is 30.3 Å². The van der Waals surface area contributed by atoms with Crippen molar-refractivity contribution >= 4 is 11.5 Å². The van der Waals surface area contributed by atoms with E-state index < -0.39 is 4.92 Å². The van der Waals surface area contributed by atoms with Gasteiger partial charge in [-0.15, -0.1) is 0 Å². The van der Waals surface area contributed by atoms with Crippen LogP contribution < -0.4 is 0 Å². The fourth-order valence-electron chi connectivity index (χ4n) is 2.50. The van der Waals surface area contributed by atoms with Crippen LogP contribution in [-0.4, -0.2) is 15.7 Å². The van der Waals surface area contributed by atoms with E-state index in [2.05, 4.69) is 4.98 Å². The Labute approximate surface area is 115 Å². The maximum absolute atomic E-state index is 11.8. The highest BCUT2D eigenvalue weighted by atomic mass is 16.6. The van der Waals surface area contributed by atoms with Crippen molar-refractivity contribution in [3.63, 3.8) is 0 Å². The van der Waals surface area contributed by atoms with Crippen molar-refractivity contribution in [1.29, 1.82) is 0 Å². The molecule has 3 rings (SSSR count). The van der Waals surface area contributed by atoms with Gasteiger partial charge in [-0.1, -0.05) is 12.1 Å². The number of carbonyl (C=O) groups is 1. The molecular weight excluding hydrogens is 256 g/mol. The molecule has 0 saturated heterocycles. The number of benzene rings is 1. The van der Waals surface area contributed by atoms with E-state index in [1.807, 2.05) is 0 Å². The maximum Gasteiger partial charge on any atom is 0.278 e.